The summed E-state index contributed by atoms with van der Waals surface area (Å²) in [7, 11) is -3.18. The van der Waals surface area contributed by atoms with E-state index >= 15 is 0 Å². The van der Waals surface area contributed by atoms with Crippen LogP contribution in [0.4, 0.5) is 0 Å². The van der Waals surface area contributed by atoms with Gasteiger partial charge in [-0.2, -0.15) is 0 Å². The summed E-state index contributed by atoms with van der Waals surface area (Å²) >= 11 is 0. The number of hydrogen-bond acceptors (Lipinski definition) is 3. The van der Waals surface area contributed by atoms with E-state index in [9.17, 15) is 13.2 Å². The van der Waals surface area contributed by atoms with Crippen molar-refractivity contribution in [3.63, 3.8) is 0 Å². The van der Waals surface area contributed by atoms with Gasteiger partial charge in [-0.25, -0.2) is 12.7 Å². The Bertz CT molecular complexity index is 643. The highest BCUT2D eigenvalue weighted by atomic mass is 32.2. The van der Waals surface area contributed by atoms with Crippen molar-refractivity contribution in [2.75, 3.05) is 31.9 Å². The van der Waals surface area contributed by atoms with E-state index < -0.39 is 10.0 Å². The van der Waals surface area contributed by atoms with E-state index in [4.69, 9.17) is 0 Å². The molecule has 0 aromatic heterocycles. The molecular weight excluding hydrogens is 312 g/mol. The van der Waals surface area contributed by atoms with Crippen molar-refractivity contribution in [3.05, 3.63) is 35.4 Å². The Morgan fingerprint density at radius 2 is 1.87 bits per heavy atom. The molecule has 0 aliphatic carbocycles. The molecule has 0 N–H and O–H groups in total. The lowest BCUT2D eigenvalue weighted by Crippen LogP contribution is -2.38. The topological polar surface area (TPSA) is 57.7 Å². The molecule has 1 aromatic carbocycles. The van der Waals surface area contributed by atoms with Gasteiger partial charge in [0.25, 0.3) is 0 Å². The van der Waals surface area contributed by atoms with E-state index in [0.29, 0.717) is 45.4 Å². The first-order valence-electron chi connectivity index (χ1n) is 8.24. The zero-order valence-corrected chi connectivity index (χ0v) is 14.8. The van der Waals surface area contributed by atoms with Crippen LogP contribution >= 0.6 is 0 Å². The molecule has 128 valence electrons. The molecule has 5 nitrogen and oxygen atoms in total. The van der Waals surface area contributed by atoms with Crippen LogP contribution in [-0.2, 0) is 21.2 Å². The lowest BCUT2D eigenvalue weighted by molar-refractivity contribution is -0.130. The maximum atomic E-state index is 12.5. The summed E-state index contributed by atoms with van der Waals surface area (Å²) in [6, 6.07) is 7.88. The van der Waals surface area contributed by atoms with Gasteiger partial charge in [-0.15, -0.1) is 0 Å². The van der Waals surface area contributed by atoms with Gasteiger partial charge in [0.05, 0.1) is 12.2 Å². The molecule has 0 saturated carbocycles. The van der Waals surface area contributed by atoms with Gasteiger partial charge in [-0.3, -0.25) is 4.79 Å². The Labute approximate surface area is 139 Å². The van der Waals surface area contributed by atoms with E-state index in [0.717, 1.165) is 11.1 Å². The van der Waals surface area contributed by atoms with E-state index in [1.807, 2.05) is 38.1 Å². The summed E-state index contributed by atoms with van der Waals surface area (Å²) in [5.74, 6) is 0.262. The Hall–Kier alpha value is -1.40. The second kappa shape index (κ2) is 7.93. The Balaban J connectivity index is 1.98. The number of carbonyl (C=O) groups excluding carboxylic acids is 1. The van der Waals surface area contributed by atoms with Crippen LogP contribution in [0.5, 0.6) is 0 Å². The summed E-state index contributed by atoms with van der Waals surface area (Å²) in [5, 5.41) is 0. The minimum absolute atomic E-state index is 0.0778. The van der Waals surface area contributed by atoms with Gasteiger partial charge >= 0.3 is 0 Å². The van der Waals surface area contributed by atoms with Crippen molar-refractivity contribution in [2.24, 2.45) is 0 Å². The average molecular weight is 338 g/mol. The van der Waals surface area contributed by atoms with Crippen LogP contribution in [0.1, 0.15) is 30.9 Å². The smallest absolute Gasteiger partial charge is 0.227 e. The Morgan fingerprint density at radius 1 is 1.13 bits per heavy atom. The molecule has 1 heterocycles. The number of sulfonamides is 1. The normalized spacial score (nSPS) is 17.0. The van der Waals surface area contributed by atoms with Crippen molar-refractivity contribution in [1.82, 2.24) is 9.21 Å². The van der Waals surface area contributed by atoms with Crippen LogP contribution in [-0.4, -0.2) is 55.5 Å². The monoisotopic (exact) mass is 338 g/mol. The van der Waals surface area contributed by atoms with Crippen LogP contribution in [0.2, 0.25) is 0 Å². The highest BCUT2D eigenvalue weighted by Crippen LogP contribution is 2.13. The zero-order chi connectivity index (χ0) is 16.9. The number of amides is 1. The molecule has 23 heavy (non-hydrogen) atoms. The molecule has 0 unspecified atom stereocenters. The first-order chi connectivity index (χ1) is 10.9. The van der Waals surface area contributed by atoms with Crippen molar-refractivity contribution in [2.45, 2.75) is 33.1 Å². The molecule has 0 atom stereocenters. The second-order valence-electron chi connectivity index (χ2n) is 6.05. The number of carbonyl (C=O) groups is 1. The van der Waals surface area contributed by atoms with E-state index in [1.165, 1.54) is 4.31 Å². The van der Waals surface area contributed by atoms with Crippen LogP contribution < -0.4 is 0 Å². The number of aryl methyl sites for hydroxylation is 1. The van der Waals surface area contributed by atoms with Crippen molar-refractivity contribution in [3.8, 4) is 0 Å². The summed E-state index contributed by atoms with van der Waals surface area (Å²) in [4.78, 5) is 14.3. The molecule has 2 rings (SSSR count). The molecule has 1 fully saturated rings. The fourth-order valence-corrected chi connectivity index (χ4v) is 4.43. The largest absolute Gasteiger partial charge is 0.341 e. The van der Waals surface area contributed by atoms with Gasteiger partial charge in [0, 0.05) is 26.2 Å². The van der Waals surface area contributed by atoms with Crippen LogP contribution in [0.25, 0.3) is 0 Å². The van der Waals surface area contributed by atoms with Crippen molar-refractivity contribution < 1.29 is 13.2 Å². The summed E-state index contributed by atoms with van der Waals surface area (Å²) in [6.07, 6.45) is 1.70. The molecule has 0 bridgehead atoms. The quantitative estimate of drug-likeness (QED) is 0.823. The highest BCUT2D eigenvalue weighted by Gasteiger charge is 2.26. The predicted octanol–water partition coefficient (Wildman–Crippen LogP) is 1.81. The van der Waals surface area contributed by atoms with Gasteiger partial charge in [-0.05, 0) is 30.9 Å². The zero-order valence-electron chi connectivity index (χ0n) is 14.0. The summed E-state index contributed by atoms with van der Waals surface area (Å²) in [5.41, 5.74) is 2.15. The highest BCUT2D eigenvalue weighted by molar-refractivity contribution is 7.89. The number of hydrogen-bond donors (Lipinski definition) is 0. The fourth-order valence-electron chi connectivity index (χ4n) is 2.89. The molecule has 1 amide bonds. The third kappa shape index (κ3) is 4.78. The fraction of sp³-hybridized carbons (Fsp3) is 0.588. The first-order valence-corrected chi connectivity index (χ1v) is 9.85. The molecule has 1 aromatic rings. The first kappa shape index (κ1) is 17.9. The van der Waals surface area contributed by atoms with E-state index in [1.54, 1.807) is 4.90 Å². The minimum Gasteiger partial charge on any atom is -0.341 e. The maximum absolute atomic E-state index is 12.5. The van der Waals surface area contributed by atoms with E-state index in [2.05, 4.69) is 0 Å². The van der Waals surface area contributed by atoms with Gasteiger partial charge < -0.3 is 4.90 Å². The average Bonchev–Trinajstić information content (AvgIpc) is 2.76. The minimum atomic E-state index is -3.18. The molecule has 6 heteroatoms. The third-order valence-corrected chi connectivity index (χ3v) is 6.34. The van der Waals surface area contributed by atoms with Crippen molar-refractivity contribution in [1.29, 1.82) is 0 Å². The molecule has 1 aliphatic heterocycles. The van der Waals surface area contributed by atoms with Gasteiger partial charge in [0.15, 0.2) is 0 Å². The van der Waals surface area contributed by atoms with Crippen molar-refractivity contribution >= 4 is 15.9 Å². The maximum Gasteiger partial charge on any atom is 0.227 e. The number of nitrogens with zero attached hydrogens (tertiary/aromatic N) is 2. The number of benzene rings is 1. The summed E-state index contributed by atoms with van der Waals surface area (Å²) in [6.45, 7) is 5.90. The molecule has 1 saturated heterocycles. The third-order valence-electron chi connectivity index (χ3n) is 4.27. The van der Waals surface area contributed by atoms with Crippen LogP contribution in [0, 0.1) is 6.92 Å². The van der Waals surface area contributed by atoms with Gasteiger partial charge in [0.2, 0.25) is 15.9 Å². The van der Waals surface area contributed by atoms with Gasteiger partial charge in [0.1, 0.15) is 0 Å². The Morgan fingerprint density at radius 3 is 2.57 bits per heavy atom. The molecule has 0 spiro atoms. The lowest BCUT2D eigenvalue weighted by Gasteiger charge is -2.22. The number of rotatable bonds is 5. The second-order valence-corrected chi connectivity index (χ2v) is 8.14. The molecule has 0 radical (unpaired) electrons. The summed E-state index contributed by atoms with van der Waals surface area (Å²) < 4.78 is 25.9. The molecular formula is C17H26N2O3S. The predicted molar refractivity (Wildman–Crippen MR) is 91.7 cm³/mol. The standard InChI is InChI=1S/C17H26N2O3S/c1-3-13-23(21,22)19-10-6-9-18(11-12-19)17(20)14-16-8-5-4-7-15(16)2/h4-5,7-8H,3,6,9-14H2,1-2H3. The van der Waals surface area contributed by atoms with Crippen LogP contribution in [0.3, 0.4) is 0 Å². The lowest BCUT2D eigenvalue weighted by atomic mass is 10.1. The molecule has 1 aliphatic rings. The van der Waals surface area contributed by atoms with Gasteiger partial charge in [-0.1, -0.05) is 31.2 Å². The Kier molecular flexibility index (Phi) is 6.18. The van der Waals surface area contributed by atoms with Crippen LogP contribution in [0.15, 0.2) is 24.3 Å². The SMILES string of the molecule is CCCS(=O)(=O)N1CCCN(C(=O)Cc2ccccc2C)CC1. The van der Waals surface area contributed by atoms with E-state index in [-0.39, 0.29) is 11.7 Å².